The van der Waals surface area contributed by atoms with Crippen LogP contribution >= 0.6 is 0 Å². The molecule has 1 saturated heterocycles. The van der Waals surface area contributed by atoms with Crippen molar-refractivity contribution in [3.8, 4) is 23.0 Å². The molecule has 2 aromatic carbocycles. The lowest BCUT2D eigenvalue weighted by molar-refractivity contribution is -0.135. The van der Waals surface area contributed by atoms with E-state index in [1.54, 1.807) is 21.3 Å². The first-order valence-corrected chi connectivity index (χ1v) is 9.62. The van der Waals surface area contributed by atoms with Crippen LogP contribution in [0.25, 0.3) is 0 Å². The third-order valence-electron chi connectivity index (χ3n) is 5.01. The molecule has 1 aliphatic heterocycles. The van der Waals surface area contributed by atoms with Gasteiger partial charge in [-0.15, -0.1) is 0 Å². The van der Waals surface area contributed by atoms with Gasteiger partial charge in [-0.25, -0.2) is 0 Å². The average molecular weight is 400 g/mol. The van der Waals surface area contributed by atoms with Crippen LogP contribution in [0.5, 0.6) is 23.0 Å². The van der Waals surface area contributed by atoms with Crippen LogP contribution in [0, 0.1) is 0 Å². The summed E-state index contributed by atoms with van der Waals surface area (Å²) in [6, 6.07) is 13.3. The molecule has 0 unspecified atom stereocenters. The molecule has 156 valence electrons. The van der Waals surface area contributed by atoms with Gasteiger partial charge in [0, 0.05) is 38.3 Å². The molecule has 1 amide bonds. The highest BCUT2D eigenvalue weighted by atomic mass is 16.5. The maximum atomic E-state index is 12.4. The molecule has 7 nitrogen and oxygen atoms in total. The molecular formula is C22H28N2O5. The second kappa shape index (κ2) is 10.0. The Morgan fingerprint density at radius 1 is 0.862 bits per heavy atom. The lowest BCUT2D eigenvalue weighted by atomic mass is 10.1. The normalized spacial score (nSPS) is 14.4. The van der Waals surface area contributed by atoms with Crippen LogP contribution in [0.2, 0.25) is 0 Å². The molecule has 0 N–H and O–H groups in total. The van der Waals surface area contributed by atoms with E-state index in [0.29, 0.717) is 42.6 Å². The predicted molar refractivity (Wildman–Crippen MR) is 110 cm³/mol. The van der Waals surface area contributed by atoms with Crippen molar-refractivity contribution in [3.05, 3.63) is 48.0 Å². The van der Waals surface area contributed by atoms with E-state index < -0.39 is 0 Å². The van der Waals surface area contributed by atoms with E-state index in [-0.39, 0.29) is 12.5 Å². The van der Waals surface area contributed by atoms with E-state index in [0.717, 1.165) is 18.7 Å². The van der Waals surface area contributed by atoms with Gasteiger partial charge < -0.3 is 23.8 Å². The number of para-hydroxylation sites is 1. The molecule has 0 spiro atoms. The number of nitrogens with zero attached hydrogens (tertiary/aromatic N) is 2. The highest BCUT2D eigenvalue weighted by Gasteiger charge is 2.23. The van der Waals surface area contributed by atoms with Gasteiger partial charge in [-0.2, -0.15) is 0 Å². The first-order chi connectivity index (χ1) is 14.2. The van der Waals surface area contributed by atoms with Crippen LogP contribution in [0.4, 0.5) is 0 Å². The third-order valence-corrected chi connectivity index (χ3v) is 5.01. The summed E-state index contributed by atoms with van der Waals surface area (Å²) in [6.45, 7) is 3.70. The van der Waals surface area contributed by atoms with Crippen LogP contribution in [0.1, 0.15) is 5.56 Å². The smallest absolute Gasteiger partial charge is 0.260 e. The Balaban J connectivity index is 1.54. The summed E-state index contributed by atoms with van der Waals surface area (Å²) in [5.41, 5.74) is 1.03. The first-order valence-electron chi connectivity index (χ1n) is 9.62. The van der Waals surface area contributed by atoms with Gasteiger partial charge in [-0.05, 0) is 18.2 Å². The van der Waals surface area contributed by atoms with Crippen molar-refractivity contribution in [1.82, 2.24) is 9.80 Å². The summed E-state index contributed by atoms with van der Waals surface area (Å²) < 4.78 is 22.0. The first kappa shape index (κ1) is 20.8. The Morgan fingerprint density at radius 2 is 1.55 bits per heavy atom. The van der Waals surface area contributed by atoms with Gasteiger partial charge in [-0.3, -0.25) is 9.69 Å². The Bertz CT molecular complexity index is 804. The minimum Gasteiger partial charge on any atom is -0.493 e. The van der Waals surface area contributed by atoms with Crippen molar-refractivity contribution in [2.45, 2.75) is 6.54 Å². The highest BCUT2D eigenvalue weighted by molar-refractivity contribution is 5.77. The van der Waals surface area contributed by atoms with Gasteiger partial charge in [0.1, 0.15) is 5.75 Å². The van der Waals surface area contributed by atoms with E-state index in [9.17, 15) is 4.79 Å². The number of amides is 1. The predicted octanol–water partition coefficient (Wildman–Crippen LogP) is 2.44. The second-order valence-corrected chi connectivity index (χ2v) is 6.75. The lowest BCUT2D eigenvalue weighted by Gasteiger charge is -2.35. The Kier molecular flexibility index (Phi) is 7.19. The largest absolute Gasteiger partial charge is 0.493 e. The fourth-order valence-electron chi connectivity index (χ4n) is 3.44. The second-order valence-electron chi connectivity index (χ2n) is 6.75. The fourth-order valence-corrected chi connectivity index (χ4v) is 3.44. The lowest BCUT2D eigenvalue weighted by Crippen LogP contribution is -2.49. The SMILES string of the molecule is COc1ccc(CN2CCN(C(=O)COc3ccccc3)CC2)c(OC)c1OC. The number of methoxy groups -OCH3 is 3. The van der Waals surface area contributed by atoms with Crippen molar-refractivity contribution < 1.29 is 23.7 Å². The van der Waals surface area contributed by atoms with Gasteiger partial charge in [0.25, 0.3) is 5.91 Å². The number of carbonyl (C=O) groups excluding carboxylic acids is 1. The number of rotatable bonds is 8. The van der Waals surface area contributed by atoms with E-state index in [1.807, 2.05) is 47.4 Å². The quantitative estimate of drug-likeness (QED) is 0.678. The van der Waals surface area contributed by atoms with Gasteiger partial charge in [-0.1, -0.05) is 24.3 Å². The maximum Gasteiger partial charge on any atom is 0.260 e. The van der Waals surface area contributed by atoms with Crippen LogP contribution in [0.3, 0.4) is 0 Å². The number of hydrogen-bond acceptors (Lipinski definition) is 6. The number of benzene rings is 2. The zero-order valence-electron chi connectivity index (χ0n) is 17.2. The monoisotopic (exact) mass is 400 g/mol. The number of hydrogen-bond donors (Lipinski definition) is 0. The van der Waals surface area contributed by atoms with Crippen molar-refractivity contribution in [1.29, 1.82) is 0 Å². The number of carbonyl (C=O) groups is 1. The average Bonchev–Trinajstić information content (AvgIpc) is 2.78. The van der Waals surface area contributed by atoms with Gasteiger partial charge >= 0.3 is 0 Å². The van der Waals surface area contributed by atoms with Crippen molar-refractivity contribution >= 4 is 5.91 Å². The zero-order chi connectivity index (χ0) is 20.6. The van der Waals surface area contributed by atoms with Crippen LogP contribution in [-0.4, -0.2) is 69.8 Å². The molecule has 0 radical (unpaired) electrons. The molecule has 0 atom stereocenters. The van der Waals surface area contributed by atoms with Crippen LogP contribution in [-0.2, 0) is 11.3 Å². The zero-order valence-corrected chi connectivity index (χ0v) is 17.2. The van der Waals surface area contributed by atoms with Crippen LogP contribution in [0.15, 0.2) is 42.5 Å². The molecule has 1 heterocycles. The number of piperazine rings is 1. The Morgan fingerprint density at radius 3 is 2.17 bits per heavy atom. The van der Waals surface area contributed by atoms with Crippen molar-refractivity contribution in [2.24, 2.45) is 0 Å². The molecule has 1 fully saturated rings. The molecule has 1 aliphatic rings. The van der Waals surface area contributed by atoms with E-state index >= 15 is 0 Å². The van der Waals surface area contributed by atoms with Crippen LogP contribution < -0.4 is 18.9 Å². The molecule has 2 aromatic rings. The summed E-state index contributed by atoms with van der Waals surface area (Å²) in [4.78, 5) is 16.6. The summed E-state index contributed by atoms with van der Waals surface area (Å²) in [7, 11) is 4.84. The topological polar surface area (TPSA) is 60.5 Å². The summed E-state index contributed by atoms with van der Waals surface area (Å²) in [5.74, 6) is 2.64. The molecule has 0 bridgehead atoms. The molecule has 29 heavy (non-hydrogen) atoms. The molecule has 0 aromatic heterocycles. The van der Waals surface area contributed by atoms with Gasteiger partial charge in [0.2, 0.25) is 5.75 Å². The summed E-state index contributed by atoms with van der Waals surface area (Å²) in [6.07, 6.45) is 0. The summed E-state index contributed by atoms with van der Waals surface area (Å²) in [5, 5.41) is 0. The number of ether oxygens (including phenoxy) is 4. The fraction of sp³-hybridized carbons (Fsp3) is 0.409. The summed E-state index contributed by atoms with van der Waals surface area (Å²) >= 11 is 0. The minimum atomic E-state index is 0.0113. The van der Waals surface area contributed by atoms with E-state index in [4.69, 9.17) is 18.9 Å². The molecule has 0 saturated carbocycles. The molecule has 0 aliphatic carbocycles. The van der Waals surface area contributed by atoms with Gasteiger partial charge in [0.15, 0.2) is 18.1 Å². The van der Waals surface area contributed by atoms with E-state index in [2.05, 4.69) is 4.90 Å². The minimum absolute atomic E-state index is 0.0113. The Labute approximate surface area is 171 Å². The van der Waals surface area contributed by atoms with E-state index in [1.165, 1.54) is 0 Å². The van der Waals surface area contributed by atoms with Crippen molar-refractivity contribution in [3.63, 3.8) is 0 Å². The third kappa shape index (κ3) is 5.12. The Hall–Kier alpha value is -2.93. The standard InChI is InChI=1S/C22H28N2O5/c1-26-19-10-9-17(21(27-2)22(19)28-3)15-23-11-13-24(14-12-23)20(25)16-29-18-7-5-4-6-8-18/h4-10H,11-16H2,1-3H3. The van der Waals surface area contributed by atoms with Gasteiger partial charge in [0.05, 0.1) is 21.3 Å². The molecule has 7 heteroatoms. The highest BCUT2D eigenvalue weighted by Crippen LogP contribution is 2.40. The maximum absolute atomic E-state index is 12.4. The molecule has 3 rings (SSSR count). The molecular weight excluding hydrogens is 372 g/mol. The van der Waals surface area contributed by atoms with Crippen molar-refractivity contribution in [2.75, 3.05) is 54.1 Å².